The predicted molar refractivity (Wildman–Crippen MR) is 96.7 cm³/mol. The lowest BCUT2D eigenvalue weighted by molar-refractivity contribution is -0.747. The van der Waals surface area contributed by atoms with Crippen LogP contribution in [-0.2, 0) is 19.2 Å². The third-order valence-corrected chi connectivity index (χ3v) is 4.64. The van der Waals surface area contributed by atoms with E-state index in [4.69, 9.17) is 9.57 Å². The SMILES string of the molecule is CCC[C@@]1(C=O)O[N+]([O-])=C(C(=O)OCC)[C@@H]1c1ccc2ccccc2c1. The fourth-order valence-electron chi connectivity index (χ4n) is 3.55. The maximum absolute atomic E-state index is 12.4. The van der Waals surface area contributed by atoms with E-state index >= 15 is 0 Å². The molecule has 6 heteroatoms. The molecule has 2 aromatic rings. The van der Waals surface area contributed by atoms with Gasteiger partial charge < -0.3 is 14.4 Å². The number of benzene rings is 2. The van der Waals surface area contributed by atoms with Crippen LogP contribution in [-0.4, -0.2) is 35.1 Å². The Hall–Kier alpha value is -2.89. The molecule has 0 radical (unpaired) electrons. The van der Waals surface area contributed by atoms with Crippen molar-refractivity contribution in [3.63, 3.8) is 0 Å². The summed E-state index contributed by atoms with van der Waals surface area (Å²) in [5, 5.41) is 14.4. The molecule has 1 aliphatic heterocycles. The summed E-state index contributed by atoms with van der Waals surface area (Å²) in [6.07, 6.45) is 1.57. The molecule has 0 saturated heterocycles. The topological polar surface area (TPSA) is 78.7 Å². The molecule has 1 heterocycles. The Kier molecular flexibility index (Phi) is 4.93. The highest BCUT2D eigenvalue weighted by atomic mass is 16.9. The van der Waals surface area contributed by atoms with Crippen molar-refractivity contribution < 1.29 is 24.1 Å². The summed E-state index contributed by atoms with van der Waals surface area (Å²) in [4.78, 5) is 29.9. The second kappa shape index (κ2) is 7.15. The van der Waals surface area contributed by atoms with Gasteiger partial charge in [-0.1, -0.05) is 55.8 Å². The molecule has 0 aromatic heterocycles. The number of rotatable bonds is 6. The second-order valence-corrected chi connectivity index (χ2v) is 6.32. The highest BCUT2D eigenvalue weighted by molar-refractivity contribution is 6.37. The van der Waals surface area contributed by atoms with E-state index in [1.54, 1.807) is 6.92 Å². The Balaban J connectivity index is 2.17. The van der Waals surface area contributed by atoms with Crippen molar-refractivity contribution in [1.29, 1.82) is 0 Å². The summed E-state index contributed by atoms with van der Waals surface area (Å²) in [5.41, 5.74) is -0.936. The first-order chi connectivity index (χ1) is 12.6. The third-order valence-electron chi connectivity index (χ3n) is 4.64. The van der Waals surface area contributed by atoms with Gasteiger partial charge in [0, 0.05) is 0 Å². The van der Waals surface area contributed by atoms with Gasteiger partial charge in [0.25, 0.3) is 0 Å². The zero-order chi connectivity index (χ0) is 18.7. The van der Waals surface area contributed by atoms with Gasteiger partial charge in [0.2, 0.25) is 0 Å². The van der Waals surface area contributed by atoms with E-state index in [1.165, 1.54) is 0 Å². The molecule has 1 aliphatic rings. The highest BCUT2D eigenvalue weighted by Crippen LogP contribution is 2.41. The van der Waals surface area contributed by atoms with Crippen LogP contribution in [0.25, 0.3) is 10.8 Å². The van der Waals surface area contributed by atoms with Gasteiger partial charge in [-0.15, -0.1) is 0 Å². The quantitative estimate of drug-likeness (QED) is 0.452. The Morgan fingerprint density at radius 1 is 1.27 bits per heavy atom. The molecule has 0 unspecified atom stereocenters. The minimum atomic E-state index is -1.42. The normalized spacial score (nSPS) is 22.3. The Labute approximate surface area is 151 Å². The van der Waals surface area contributed by atoms with Crippen LogP contribution in [0.4, 0.5) is 0 Å². The molecule has 0 fully saturated rings. The standard InChI is InChI=1S/C20H21NO5/c1-3-11-20(13-22)17(18(21(24)26-20)19(23)25-4-2)16-10-9-14-7-5-6-8-15(14)12-16/h5-10,12-13,17H,3-4,11H2,1-2H3/t17-,20-/m0/s1. The average molecular weight is 355 g/mol. The van der Waals surface area contributed by atoms with Crippen LogP contribution in [0.15, 0.2) is 42.5 Å². The smallest absolute Gasteiger partial charge is 0.405 e. The minimum Gasteiger partial charge on any atom is -0.458 e. The van der Waals surface area contributed by atoms with Crippen molar-refractivity contribution in [1.82, 2.24) is 0 Å². The van der Waals surface area contributed by atoms with E-state index in [-0.39, 0.29) is 17.2 Å². The molecular weight excluding hydrogens is 334 g/mol. The number of hydrogen-bond acceptors (Lipinski definition) is 5. The number of carbonyl (C=O) groups is 2. The van der Waals surface area contributed by atoms with E-state index in [9.17, 15) is 14.8 Å². The Morgan fingerprint density at radius 3 is 2.65 bits per heavy atom. The van der Waals surface area contributed by atoms with Crippen molar-refractivity contribution >= 4 is 28.7 Å². The number of carbonyl (C=O) groups excluding carboxylic acids is 2. The van der Waals surface area contributed by atoms with Crippen molar-refractivity contribution in [2.45, 2.75) is 38.2 Å². The molecule has 26 heavy (non-hydrogen) atoms. The predicted octanol–water partition coefficient (Wildman–Crippen LogP) is 3.12. The van der Waals surface area contributed by atoms with Gasteiger partial charge in [0.15, 0.2) is 5.60 Å². The molecule has 136 valence electrons. The molecule has 0 amide bonds. The fourth-order valence-corrected chi connectivity index (χ4v) is 3.55. The number of esters is 1. The van der Waals surface area contributed by atoms with E-state index in [2.05, 4.69) is 0 Å². The van der Waals surface area contributed by atoms with E-state index in [0.717, 1.165) is 10.8 Å². The maximum Gasteiger partial charge on any atom is 0.405 e. The number of hydrogen-bond donors (Lipinski definition) is 0. The lowest BCUT2D eigenvalue weighted by Gasteiger charge is -2.29. The molecular formula is C20H21NO5. The van der Waals surface area contributed by atoms with Crippen molar-refractivity contribution in [3.05, 3.63) is 53.2 Å². The van der Waals surface area contributed by atoms with Crippen molar-refractivity contribution in [2.24, 2.45) is 0 Å². The fraction of sp³-hybridized carbons (Fsp3) is 0.350. The zero-order valence-corrected chi connectivity index (χ0v) is 14.8. The lowest BCUT2D eigenvalue weighted by atomic mass is 9.77. The zero-order valence-electron chi connectivity index (χ0n) is 14.8. The molecule has 2 aromatic carbocycles. The van der Waals surface area contributed by atoms with Crippen LogP contribution in [0.1, 0.15) is 38.2 Å². The number of nitrogens with zero attached hydrogens (tertiary/aromatic N) is 1. The van der Waals surface area contributed by atoms with Gasteiger partial charge >= 0.3 is 11.7 Å². The van der Waals surface area contributed by atoms with Crippen molar-refractivity contribution in [2.75, 3.05) is 6.61 Å². The molecule has 0 bridgehead atoms. The molecule has 2 atom stereocenters. The van der Waals surface area contributed by atoms with Crippen LogP contribution in [0.5, 0.6) is 0 Å². The Morgan fingerprint density at radius 2 is 2.00 bits per heavy atom. The first kappa shape index (κ1) is 17.9. The summed E-state index contributed by atoms with van der Waals surface area (Å²) < 4.78 is 5.04. The van der Waals surface area contributed by atoms with Crippen LogP contribution in [0, 0.1) is 5.21 Å². The van der Waals surface area contributed by atoms with Gasteiger partial charge in [0.05, 0.1) is 11.5 Å². The molecule has 3 rings (SSSR count). The first-order valence-corrected chi connectivity index (χ1v) is 8.71. The first-order valence-electron chi connectivity index (χ1n) is 8.71. The molecule has 0 N–H and O–H groups in total. The van der Waals surface area contributed by atoms with Gasteiger partial charge in [-0.25, -0.2) is 4.79 Å². The summed E-state index contributed by atoms with van der Waals surface area (Å²) >= 11 is 0. The molecule has 6 nitrogen and oxygen atoms in total. The summed E-state index contributed by atoms with van der Waals surface area (Å²) in [6.45, 7) is 3.68. The van der Waals surface area contributed by atoms with Gasteiger partial charge in [-0.3, -0.25) is 5.21 Å². The van der Waals surface area contributed by atoms with Crippen molar-refractivity contribution in [3.8, 4) is 0 Å². The number of aldehydes is 1. The van der Waals surface area contributed by atoms with Gasteiger partial charge in [-0.05, 0) is 29.7 Å². The Bertz CT molecular complexity index is 875. The van der Waals surface area contributed by atoms with E-state index < -0.39 is 17.5 Å². The largest absolute Gasteiger partial charge is 0.458 e. The number of ether oxygens (including phenoxy) is 1. The van der Waals surface area contributed by atoms with Crippen LogP contribution in [0.2, 0.25) is 0 Å². The summed E-state index contributed by atoms with van der Waals surface area (Å²) in [5.74, 6) is -1.58. The second-order valence-electron chi connectivity index (χ2n) is 6.32. The molecule has 0 spiro atoms. The maximum atomic E-state index is 12.4. The third kappa shape index (κ3) is 2.92. The molecule has 0 saturated carbocycles. The highest BCUT2D eigenvalue weighted by Gasteiger charge is 2.56. The monoisotopic (exact) mass is 355 g/mol. The average Bonchev–Trinajstić information content (AvgIpc) is 2.94. The van der Waals surface area contributed by atoms with E-state index in [0.29, 0.717) is 24.7 Å². The van der Waals surface area contributed by atoms with Gasteiger partial charge in [-0.2, -0.15) is 0 Å². The summed E-state index contributed by atoms with van der Waals surface area (Å²) in [7, 11) is 0. The summed E-state index contributed by atoms with van der Waals surface area (Å²) in [6, 6.07) is 13.4. The van der Waals surface area contributed by atoms with Crippen LogP contribution in [0.3, 0.4) is 0 Å². The minimum absolute atomic E-state index is 0.127. The van der Waals surface area contributed by atoms with Crippen LogP contribution < -0.4 is 0 Å². The number of fused-ring (bicyclic) bond motifs is 1. The lowest BCUT2D eigenvalue weighted by Crippen LogP contribution is -2.41. The van der Waals surface area contributed by atoms with E-state index in [1.807, 2.05) is 49.4 Å². The van der Waals surface area contributed by atoms with Crippen LogP contribution >= 0.6 is 0 Å². The van der Waals surface area contributed by atoms with Gasteiger partial charge in [0.1, 0.15) is 12.2 Å². The molecule has 0 aliphatic carbocycles.